The average molecular weight is 342 g/mol. The van der Waals surface area contributed by atoms with Gasteiger partial charge in [-0.1, -0.05) is 42.5 Å². The van der Waals surface area contributed by atoms with E-state index in [0.29, 0.717) is 0 Å². The Kier molecular flexibility index (Phi) is 7.22. The molecule has 0 saturated carbocycles. The number of benzene rings is 2. The van der Waals surface area contributed by atoms with Crippen LogP contribution < -0.4 is 5.32 Å². The first-order chi connectivity index (χ1) is 11.5. The molecule has 0 amide bonds. The van der Waals surface area contributed by atoms with Gasteiger partial charge in [0.1, 0.15) is 0 Å². The minimum absolute atomic E-state index is 0.781. The van der Waals surface area contributed by atoms with Crippen LogP contribution >= 0.6 is 12.2 Å². The zero-order valence-corrected chi connectivity index (χ0v) is 15.6. The van der Waals surface area contributed by atoms with Crippen molar-refractivity contribution in [2.75, 3.05) is 32.5 Å². The van der Waals surface area contributed by atoms with Crippen LogP contribution in [0.15, 0.2) is 54.6 Å². The molecule has 0 radical (unpaired) electrons. The topological polar surface area (TPSA) is 18.5 Å². The van der Waals surface area contributed by atoms with Crippen LogP contribution in [-0.4, -0.2) is 42.1 Å². The third-order valence-corrected chi connectivity index (χ3v) is 4.17. The lowest BCUT2D eigenvalue weighted by Gasteiger charge is -2.27. The SMILES string of the molecule is Cc1cccc(NC(=S)N(CCCN(C)C)Cc2ccccc2)c1. The zero-order valence-electron chi connectivity index (χ0n) is 14.8. The van der Waals surface area contributed by atoms with Gasteiger partial charge in [0, 0.05) is 18.8 Å². The van der Waals surface area contributed by atoms with Crippen molar-refractivity contribution < 1.29 is 0 Å². The number of nitrogens with zero attached hydrogens (tertiary/aromatic N) is 2. The van der Waals surface area contributed by atoms with E-state index in [1.807, 2.05) is 12.1 Å². The van der Waals surface area contributed by atoms with E-state index in [1.165, 1.54) is 11.1 Å². The van der Waals surface area contributed by atoms with Gasteiger partial charge in [0.2, 0.25) is 0 Å². The smallest absolute Gasteiger partial charge is 0.173 e. The van der Waals surface area contributed by atoms with Crippen LogP contribution in [0.25, 0.3) is 0 Å². The second-order valence-electron chi connectivity index (χ2n) is 6.36. The van der Waals surface area contributed by atoms with E-state index in [2.05, 4.69) is 78.6 Å². The fraction of sp³-hybridized carbons (Fsp3) is 0.350. The summed E-state index contributed by atoms with van der Waals surface area (Å²) in [6.07, 6.45) is 1.08. The number of aryl methyl sites for hydroxylation is 1. The highest BCUT2D eigenvalue weighted by Crippen LogP contribution is 2.13. The fourth-order valence-electron chi connectivity index (χ4n) is 2.56. The predicted molar refractivity (Wildman–Crippen MR) is 107 cm³/mol. The van der Waals surface area contributed by atoms with E-state index < -0.39 is 0 Å². The van der Waals surface area contributed by atoms with E-state index in [0.717, 1.165) is 36.9 Å². The number of anilines is 1. The normalized spacial score (nSPS) is 10.7. The predicted octanol–water partition coefficient (Wildman–Crippen LogP) is 4.15. The molecule has 0 aromatic heterocycles. The van der Waals surface area contributed by atoms with E-state index in [-0.39, 0.29) is 0 Å². The molecule has 128 valence electrons. The summed E-state index contributed by atoms with van der Waals surface area (Å²) in [4.78, 5) is 4.45. The van der Waals surface area contributed by atoms with Gasteiger partial charge in [-0.05, 0) is 69.5 Å². The Labute approximate surface area is 151 Å². The molecule has 0 spiro atoms. The highest BCUT2D eigenvalue weighted by molar-refractivity contribution is 7.80. The molecular formula is C20H27N3S. The van der Waals surface area contributed by atoms with Crippen LogP contribution in [0.4, 0.5) is 5.69 Å². The highest BCUT2D eigenvalue weighted by atomic mass is 32.1. The molecule has 0 atom stereocenters. The lowest BCUT2D eigenvalue weighted by atomic mass is 10.2. The van der Waals surface area contributed by atoms with Crippen molar-refractivity contribution >= 4 is 23.0 Å². The van der Waals surface area contributed by atoms with Gasteiger partial charge in [0.15, 0.2) is 5.11 Å². The van der Waals surface area contributed by atoms with Gasteiger partial charge in [0.25, 0.3) is 0 Å². The maximum absolute atomic E-state index is 5.68. The van der Waals surface area contributed by atoms with Crippen LogP contribution in [-0.2, 0) is 6.54 Å². The maximum atomic E-state index is 5.68. The molecule has 0 bridgehead atoms. The van der Waals surface area contributed by atoms with Crippen molar-refractivity contribution in [3.8, 4) is 0 Å². The monoisotopic (exact) mass is 341 g/mol. The van der Waals surface area contributed by atoms with Crippen LogP contribution in [0.3, 0.4) is 0 Å². The molecule has 0 saturated heterocycles. The molecule has 0 aliphatic heterocycles. The molecule has 3 nitrogen and oxygen atoms in total. The van der Waals surface area contributed by atoms with Gasteiger partial charge in [-0.25, -0.2) is 0 Å². The Hall–Kier alpha value is -1.91. The van der Waals surface area contributed by atoms with Crippen LogP contribution in [0, 0.1) is 6.92 Å². The Morgan fingerprint density at radius 3 is 2.42 bits per heavy atom. The van der Waals surface area contributed by atoms with E-state index in [9.17, 15) is 0 Å². The maximum Gasteiger partial charge on any atom is 0.173 e. The highest BCUT2D eigenvalue weighted by Gasteiger charge is 2.11. The molecule has 0 unspecified atom stereocenters. The Morgan fingerprint density at radius 2 is 1.75 bits per heavy atom. The number of hydrogen-bond acceptors (Lipinski definition) is 2. The van der Waals surface area contributed by atoms with Crippen molar-refractivity contribution in [3.63, 3.8) is 0 Å². The van der Waals surface area contributed by atoms with Gasteiger partial charge in [0.05, 0.1) is 0 Å². The lowest BCUT2D eigenvalue weighted by Crippen LogP contribution is -2.36. The Balaban J connectivity index is 2.03. The Morgan fingerprint density at radius 1 is 1.00 bits per heavy atom. The molecule has 4 heteroatoms. The van der Waals surface area contributed by atoms with E-state index in [1.54, 1.807) is 0 Å². The first kappa shape index (κ1) is 18.4. The largest absolute Gasteiger partial charge is 0.345 e. The van der Waals surface area contributed by atoms with Gasteiger partial charge < -0.3 is 15.1 Å². The van der Waals surface area contributed by atoms with Gasteiger partial charge in [-0.3, -0.25) is 0 Å². The second kappa shape index (κ2) is 9.40. The summed E-state index contributed by atoms with van der Waals surface area (Å²) in [7, 11) is 4.20. The van der Waals surface area contributed by atoms with Crippen molar-refractivity contribution in [1.82, 2.24) is 9.80 Å². The number of thiocarbonyl (C=S) groups is 1. The molecule has 2 aromatic carbocycles. The molecule has 0 fully saturated rings. The van der Waals surface area contributed by atoms with Crippen molar-refractivity contribution in [2.45, 2.75) is 19.9 Å². The van der Waals surface area contributed by atoms with Crippen molar-refractivity contribution in [2.24, 2.45) is 0 Å². The molecular weight excluding hydrogens is 314 g/mol. The van der Waals surface area contributed by atoms with Crippen molar-refractivity contribution in [3.05, 3.63) is 65.7 Å². The summed E-state index contributed by atoms with van der Waals surface area (Å²) in [5.41, 5.74) is 3.55. The number of rotatable bonds is 7. The first-order valence-corrected chi connectivity index (χ1v) is 8.76. The summed E-state index contributed by atoms with van der Waals surface area (Å²) in [5.74, 6) is 0. The minimum atomic E-state index is 0.781. The number of nitrogens with one attached hydrogen (secondary N) is 1. The van der Waals surface area contributed by atoms with Gasteiger partial charge >= 0.3 is 0 Å². The van der Waals surface area contributed by atoms with E-state index in [4.69, 9.17) is 12.2 Å². The molecule has 24 heavy (non-hydrogen) atoms. The van der Waals surface area contributed by atoms with Crippen molar-refractivity contribution in [1.29, 1.82) is 0 Å². The minimum Gasteiger partial charge on any atom is -0.345 e. The third-order valence-electron chi connectivity index (χ3n) is 3.81. The van der Waals surface area contributed by atoms with Crippen LogP contribution in [0.5, 0.6) is 0 Å². The standard InChI is InChI=1S/C20H27N3S/c1-17-9-7-12-19(15-17)21-20(24)23(14-8-13-22(2)3)16-18-10-5-4-6-11-18/h4-7,9-12,15H,8,13-14,16H2,1-3H3,(H,21,24). The number of hydrogen-bond donors (Lipinski definition) is 1. The Bertz CT molecular complexity index is 640. The van der Waals surface area contributed by atoms with Crippen LogP contribution in [0.1, 0.15) is 17.5 Å². The second-order valence-corrected chi connectivity index (χ2v) is 6.75. The average Bonchev–Trinajstić information content (AvgIpc) is 2.54. The van der Waals surface area contributed by atoms with Gasteiger partial charge in [-0.2, -0.15) is 0 Å². The molecule has 0 heterocycles. The van der Waals surface area contributed by atoms with E-state index >= 15 is 0 Å². The zero-order chi connectivity index (χ0) is 17.4. The molecule has 0 aliphatic carbocycles. The summed E-state index contributed by atoms with van der Waals surface area (Å²) < 4.78 is 0. The lowest BCUT2D eigenvalue weighted by molar-refractivity contribution is 0.346. The summed E-state index contributed by atoms with van der Waals surface area (Å²) in [5, 5.41) is 4.17. The molecule has 1 N–H and O–H groups in total. The summed E-state index contributed by atoms with van der Waals surface area (Å²) >= 11 is 5.68. The molecule has 2 rings (SSSR count). The summed E-state index contributed by atoms with van der Waals surface area (Å²) in [6, 6.07) is 18.8. The first-order valence-electron chi connectivity index (χ1n) is 8.36. The fourth-order valence-corrected chi connectivity index (χ4v) is 2.83. The van der Waals surface area contributed by atoms with Gasteiger partial charge in [-0.15, -0.1) is 0 Å². The van der Waals surface area contributed by atoms with Crippen LogP contribution in [0.2, 0.25) is 0 Å². The summed E-state index contributed by atoms with van der Waals surface area (Å²) in [6.45, 7) is 4.90. The quantitative estimate of drug-likeness (QED) is 0.762. The molecule has 0 aliphatic rings. The molecule has 2 aromatic rings. The third kappa shape index (κ3) is 6.30.